The van der Waals surface area contributed by atoms with E-state index in [1.54, 1.807) is 0 Å². The Morgan fingerprint density at radius 2 is 1.35 bits per heavy atom. The van der Waals surface area contributed by atoms with E-state index in [2.05, 4.69) is 0 Å². The van der Waals surface area contributed by atoms with Crippen LogP contribution >= 0.6 is 0 Å². The highest BCUT2D eigenvalue weighted by Crippen LogP contribution is 2.45. The second kappa shape index (κ2) is 4.54. The lowest BCUT2D eigenvalue weighted by molar-refractivity contribution is 0.103. The summed E-state index contributed by atoms with van der Waals surface area (Å²) in [5.41, 5.74) is -0.886. The quantitative estimate of drug-likeness (QED) is 0.275. The fourth-order valence-electron chi connectivity index (χ4n) is 1.67. The zero-order chi connectivity index (χ0) is 15.0. The first-order chi connectivity index (χ1) is 9.34. The van der Waals surface area contributed by atoms with Gasteiger partial charge in [-0.2, -0.15) is 0 Å². The van der Waals surface area contributed by atoms with Gasteiger partial charge in [0.1, 0.15) is 0 Å². The highest BCUT2D eigenvalue weighted by molar-refractivity contribution is 6.13. The van der Waals surface area contributed by atoms with Gasteiger partial charge in [-0.15, -0.1) is 0 Å². The SMILES string of the molecule is O=C(c1cccc(O)c1O)c1cc(O)c(O)c(O)c1O. The number of para-hydroxylation sites is 1. The van der Waals surface area contributed by atoms with Gasteiger partial charge in [0, 0.05) is 0 Å². The third-order valence-corrected chi connectivity index (χ3v) is 2.73. The molecule has 0 aliphatic rings. The summed E-state index contributed by atoms with van der Waals surface area (Å²) in [6, 6.07) is 4.35. The lowest BCUT2D eigenvalue weighted by atomic mass is 10.00. The van der Waals surface area contributed by atoms with Gasteiger partial charge in [0.25, 0.3) is 0 Å². The number of hydrogen-bond acceptors (Lipinski definition) is 7. The summed E-state index contributed by atoms with van der Waals surface area (Å²) in [4.78, 5) is 12.1. The zero-order valence-corrected chi connectivity index (χ0v) is 9.90. The molecular weight excluding hydrogens is 268 g/mol. The van der Waals surface area contributed by atoms with E-state index in [0.717, 1.165) is 12.1 Å². The van der Waals surface area contributed by atoms with Gasteiger partial charge in [0.05, 0.1) is 11.1 Å². The Labute approximate surface area is 112 Å². The summed E-state index contributed by atoms with van der Waals surface area (Å²) in [7, 11) is 0. The number of aromatic hydroxyl groups is 6. The van der Waals surface area contributed by atoms with Crippen molar-refractivity contribution in [1.29, 1.82) is 0 Å². The summed E-state index contributed by atoms with van der Waals surface area (Å²) in [5.74, 6) is -6.00. The van der Waals surface area contributed by atoms with Crippen molar-refractivity contribution < 1.29 is 35.4 Å². The molecular formula is C13H10O7. The fourth-order valence-corrected chi connectivity index (χ4v) is 1.67. The Bertz CT molecular complexity index is 706. The molecule has 0 radical (unpaired) electrons. The Morgan fingerprint density at radius 3 is 2.00 bits per heavy atom. The van der Waals surface area contributed by atoms with E-state index in [9.17, 15) is 35.4 Å². The molecule has 0 spiro atoms. The molecule has 7 nitrogen and oxygen atoms in total. The molecule has 20 heavy (non-hydrogen) atoms. The van der Waals surface area contributed by atoms with Crippen molar-refractivity contribution in [1.82, 2.24) is 0 Å². The molecule has 0 fully saturated rings. The molecule has 6 N–H and O–H groups in total. The minimum Gasteiger partial charge on any atom is -0.504 e. The molecule has 2 aromatic rings. The molecule has 0 heterocycles. The number of phenols is 6. The largest absolute Gasteiger partial charge is 0.504 e. The van der Waals surface area contributed by atoms with Gasteiger partial charge in [-0.3, -0.25) is 4.79 Å². The highest BCUT2D eigenvalue weighted by Gasteiger charge is 2.24. The van der Waals surface area contributed by atoms with Crippen molar-refractivity contribution in [2.45, 2.75) is 0 Å². The number of carbonyl (C=O) groups excluding carboxylic acids is 1. The summed E-state index contributed by atoms with van der Waals surface area (Å²) in [6.45, 7) is 0. The third kappa shape index (κ3) is 1.91. The number of rotatable bonds is 2. The van der Waals surface area contributed by atoms with Crippen LogP contribution in [0, 0.1) is 0 Å². The van der Waals surface area contributed by atoms with E-state index < -0.39 is 45.8 Å². The van der Waals surface area contributed by atoms with E-state index in [-0.39, 0.29) is 5.56 Å². The Balaban J connectivity index is 2.63. The third-order valence-electron chi connectivity index (χ3n) is 2.73. The first kappa shape index (κ1) is 13.3. The number of hydrogen-bond donors (Lipinski definition) is 6. The summed E-state index contributed by atoms with van der Waals surface area (Å²) in [6.07, 6.45) is 0. The lowest BCUT2D eigenvalue weighted by Crippen LogP contribution is -2.02. The van der Waals surface area contributed by atoms with Crippen LogP contribution in [0.4, 0.5) is 0 Å². The van der Waals surface area contributed by atoms with Gasteiger partial charge in [-0.1, -0.05) is 6.07 Å². The van der Waals surface area contributed by atoms with Crippen molar-refractivity contribution in [3.8, 4) is 34.5 Å². The van der Waals surface area contributed by atoms with Crippen LogP contribution in [0.1, 0.15) is 15.9 Å². The fraction of sp³-hybridized carbons (Fsp3) is 0. The van der Waals surface area contributed by atoms with Gasteiger partial charge < -0.3 is 30.6 Å². The normalized spacial score (nSPS) is 10.4. The van der Waals surface area contributed by atoms with Gasteiger partial charge >= 0.3 is 0 Å². The highest BCUT2D eigenvalue weighted by atomic mass is 16.3. The maximum absolute atomic E-state index is 12.1. The van der Waals surface area contributed by atoms with Gasteiger partial charge in [-0.25, -0.2) is 0 Å². The van der Waals surface area contributed by atoms with Crippen molar-refractivity contribution in [3.05, 3.63) is 35.4 Å². The standard InChI is InChI=1S/C13H10O7/c14-7-3-1-2-5(10(7)17)9(16)6-4-8(15)12(19)13(20)11(6)18/h1-4,14-15,17-20H. The van der Waals surface area contributed by atoms with E-state index in [1.807, 2.05) is 0 Å². The van der Waals surface area contributed by atoms with Crippen molar-refractivity contribution in [2.24, 2.45) is 0 Å². The van der Waals surface area contributed by atoms with Gasteiger partial charge in [0.15, 0.2) is 23.0 Å². The van der Waals surface area contributed by atoms with E-state index in [1.165, 1.54) is 12.1 Å². The number of benzene rings is 2. The average Bonchev–Trinajstić information content (AvgIpc) is 2.43. The minimum atomic E-state index is -1.06. The van der Waals surface area contributed by atoms with Crippen LogP contribution in [-0.2, 0) is 0 Å². The topological polar surface area (TPSA) is 138 Å². The van der Waals surface area contributed by atoms with Crippen molar-refractivity contribution in [2.75, 3.05) is 0 Å². The monoisotopic (exact) mass is 278 g/mol. The molecule has 7 heteroatoms. The molecule has 0 aliphatic carbocycles. The molecule has 0 saturated heterocycles. The second-order valence-corrected chi connectivity index (χ2v) is 3.99. The molecule has 0 bridgehead atoms. The van der Waals surface area contributed by atoms with Crippen LogP contribution in [-0.4, -0.2) is 36.4 Å². The van der Waals surface area contributed by atoms with Gasteiger partial charge in [-0.05, 0) is 18.2 Å². The maximum Gasteiger partial charge on any atom is 0.205 e. The number of carbonyl (C=O) groups is 1. The van der Waals surface area contributed by atoms with Crippen LogP contribution in [0.25, 0.3) is 0 Å². The predicted molar refractivity (Wildman–Crippen MR) is 66.3 cm³/mol. The molecule has 2 aromatic carbocycles. The predicted octanol–water partition coefficient (Wildman–Crippen LogP) is 1.15. The summed E-state index contributed by atoms with van der Waals surface area (Å²) in [5, 5.41) is 56.4. The molecule has 2 rings (SSSR count). The van der Waals surface area contributed by atoms with E-state index in [4.69, 9.17) is 0 Å². The summed E-state index contributed by atoms with van der Waals surface area (Å²) < 4.78 is 0. The van der Waals surface area contributed by atoms with Gasteiger partial charge in [0.2, 0.25) is 17.3 Å². The lowest BCUT2D eigenvalue weighted by Gasteiger charge is -2.10. The second-order valence-electron chi connectivity index (χ2n) is 3.99. The smallest absolute Gasteiger partial charge is 0.205 e. The number of ketones is 1. The average molecular weight is 278 g/mol. The molecule has 104 valence electrons. The number of phenolic OH excluding ortho intramolecular Hbond substituents is 6. The maximum atomic E-state index is 12.1. The van der Waals surface area contributed by atoms with E-state index in [0.29, 0.717) is 0 Å². The van der Waals surface area contributed by atoms with Crippen LogP contribution < -0.4 is 0 Å². The van der Waals surface area contributed by atoms with Crippen LogP contribution in [0.5, 0.6) is 34.5 Å². The minimum absolute atomic E-state index is 0.343. The van der Waals surface area contributed by atoms with Crippen LogP contribution in [0.3, 0.4) is 0 Å². The molecule has 0 aromatic heterocycles. The Morgan fingerprint density at radius 1 is 0.700 bits per heavy atom. The molecule has 0 amide bonds. The molecule has 0 aliphatic heterocycles. The van der Waals surface area contributed by atoms with Crippen LogP contribution in [0.15, 0.2) is 24.3 Å². The molecule has 0 unspecified atom stereocenters. The summed E-state index contributed by atoms with van der Waals surface area (Å²) >= 11 is 0. The zero-order valence-electron chi connectivity index (χ0n) is 9.90. The van der Waals surface area contributed by atoms with Crippen molar-refractivity contribution >= 4 is 5.78 Å². The Hall–Kier alpha value is -3.09. The first-order valence-electron chi connectivity index (χ1n) is 5.37. The van der Waals surface area contributed by atoms with Crippen LogP contribution in [0.2, 0.25) is 0 Å². The molecule has 0 saturated carbocycles. The Kier molecular flexibility index (Phi) is 3.03. The molecule has 0 atom stereocenters. The van der Waals surface area contributed by atoms with E-state index >= 15 is 0 Å². The first-order valence-corrected chi connectivity index (χ1v) is 5.37. The van der Waals surface area contributed by atoms with Crippen molar-refractivity contribution in [3.63, 3.8) is 0 Å².